The van der Waals surface area contributed by atoms with E-state index in [9.17, 15) is 14.4 Å². The average Bonchev–Trinajstić information content (AvgIpc) is 2.43. The summed E-state index contributed by atoms with van der Waals surface area (Å²) in [5.41, 5.74) is 0.726. The lowest BCUT2D eigenvalue weighted by molar-refractivity contribution is -0.119. The van der Waals surface area contributed by atoms with Crippen molar-refractivity contribution in [1.82, 2.24) is 0 Å². The number of aromatic carboxylic acids is 1. The second-order valence-corrected chi connectivity index (χ2v) is 5.86. The minimum Gasteiger partial charge on any atom is -0.478 e. The van der Waals surface area contributed by atoms with Crippen molar-refractivity contribution in [3.05, 3.63) is 29.8 Å². The predicted octanol–water partition coefficient (Wildman–Crippen LogP) is 3.02. The molecule has 5 nitrogen and oxygen atoms in total. The molecule has 1 aromatic carbocycles. The number of carboxylic acids is 1. The molecule has 0 aliphatic heterocycles. The zero-order valence-electron chi connectivity index (χ0n) is 12.1. The molecule has 6 heteroatoms. The van der Waals surface area contributed by atoms with Crippen molar-refractivity contribution in [3.8, 4) is 0 Å². The van der Waals surface area contributed by atoms with Gasteiger partial charge < -0.3 is 10.4 Å². The molecular weight excluding hydrogens is 290 g/mol. The number of hydrogen-bond donors (Lipinski definition) is 2. The summed E-state index contributed by atoms with van der Waals surface area (Å²) in [7, 11) is 0. The van der Waals surface area contributed by atoms with E-state index in [4.69, 9.17) is 5.11 Å². The fourth-order valence-electron chi connectivity index (χ4n) is 1.80. The van der Waals surface area contributed by atoms with Crippen LogP contribution < -0.4 is 5.32 Å². The predicted molar refractivity (Wildman–Crippen MR) is 83.6 cm³/mol. The Labute approximate surface area is 128 Å². The summed E-state index contributed by atoms with van der Waals surface area (Å²) in [5, 5.41) is 11.6. The fourth-order valence-corrected chi connectivity index (χ4v) is 2.55. The summed E-state index contributed by atoms with van der Waals surface area (Å²) in [4.78, 5) is 33.9. The van der Waals surface area contributed by atoms with E-state index >= 15 is 0 Å². The van der Waals surface area contributed by atoms with Gasteiger partial charge in [-0.25, -0.2) is 4.79 Å². The Bertz CT molecular complexity index is 513. The first-order valence-corrected chi connectivity index (χ1v) is 7.70. The van der Waals surface area contributed by atoms with Crippen LogP contribution in [0, 0.1) is 5.92 Å². The van der Waals surface area contributed by atoms with E-state index in [1.807, 2.05) is 6.92 Å². The van der Waals surface area contributed by atoms with Crippen LogP contribution in [0.5, 0.6) is 0 Å². The van der Waals surface area contributed by atoms with Crippen LogP contribution in [0.15, 0.2) is 24.3 Å². The molecule has 21 heavy (non-hydrogen) atoms. The van der Waals surface area contributed by atoms with Gasteiger partial charge in [-0.15, -0.1) is 0 Å². The van der Waals surface area contributed by atoms with Gasteiger partial charge in [-0.2, -0.15) is 0 Å². The lowest BCUT2D eigenvalue weighted by Gasteiger charge is -2.15. The number of carbonyl (C=O) groups is 3. The van der Waals surface area contributed by atoms with Crippen molar-refractivity contribution in [2.75, 3.05) is 11.1 Å². The highest BCUT2D eigenvalue weighted by Crippen LogP contribution is 2.18. The topological polar surface area (TPSA) is 83.5 Å². The van der Waals surface area contributed by atoms with Crippen LogP contribution in [0.4, 0.5) is 5.69 Å². The molecule has 0 aliphatic rings. The van der Waals surface area contributed by atoms with Crippen LogP contribution in [0.25, 0.3) is 0 Å². The maximum Gasteiger partial charge on any atom is 0.335 e. The van der Waals surface area contributed by atoms with Gasteiger partial charge in [0.05, 0.1) is 5.56 Å². The van der Waals surface area contributed by atoms with E-state index in [1.165, 1.54) is 19.1 Å². The maximum absolute atomic E-state index is 12.2. The van der Waals surface area contributed by atoms with Crippen molar-refractivity contribution in [3.63, 3.8) is 0 Å². The van der Waals surface area contributed by atoms with Crippen molar-refractivity contribution < 1.29 is 19.5 Å². The summed E-state index contributed by atoms with van der Waals surface area (Å²) in [6.07, 6.45) is 1.56. The van der Waals surface area contributed by atoms with Crippen molar-refractivity contribution in [2.45, 2.75) is 26.7 Å². The fraction of sp³-hybridized carbons (Fsp3) is 0.400. The first kappa shape index (κ1) is 17.2. The molecule has 0 radical (unpaired) electrons. The molecule has 0 spiro atoms. The number of thioether (sulfide) groups is 1. The minimum absolute atomic E-state index is 0.00489. The van der Waals surface area contributed by atoms with Gasteiger partial charge in [-0.05, 0) is 30.7 Å². The summed E-state index contributed by atoms with van der Waals surface area (Å²) < 4.78 is 0. The number of amides is 1. The van der Waals surface area contributed by atoms with Crippen LogP contribution >= 0.6 is 11.8 Å². The van der Waals surface area contributed by atoms with Gasteiger partial charge in [0, 0.05) is 24.3 Å². The molecule has 114 valence electrons. The summed E-state index contributed by atoms with van der Waals surface area (Å²) in [5.74, 6) is -0.923. The number of hydrogen-bond acceptors (Lipinski definition) is 4. The molecule has 0 bridgehead atoms. The second kappa shape index (κ2) is 8.46. The van der Waals surface area contributed by atoms with Crippen LogP contribution in [-0.2, 0) is 9.59 Å². The molecule has 2 N–H and O–H groups in total. The molecule has 0 heterocycles. The van der Waals surface area contributed by atoms with Crippen molar-refractivity contribution in [2.24, 2.45) is 5.92 Å². The van der Waals surface area contributed by atoms with Gasteiger partial charge in [-0.1, -0.05) is 25.1 Å². The minimum atomic E-state index is -1.01. The standard InChI is InChI=1S/C15H19NO4S/c1-3-4-12(9-21-10(2)17)14(18)16-13-7-5-11(6-8-13)15(19)20/h5-8,12H,3-4,9H2,1-2H3,(H,16,18)(H,19,20). The lowest BCUT2D eigenvalue weighted by Crippen LogP contribution is -2.25. The number of benzene rings is 1. The third-order valence-corrected chi connectivity index (χ3v) is 3.87. The SMILES string of the molecule is CCCC(CSC(C)=O)C(=O)Nc1ccc(C(=O)O)cc1. The van der Waals surface area contributed by atoms with Gasteiger partial charge in [0.15, 0.2) is 5.12 Å². The third kappa shape index (κ3) is 5.99. The van der Waals surface area contributed by atoms with Crippen molar-refractivity contribution >= 4 is 34.4 Å². The Balaban J connectivity index is 2.67. The van der Waals surface area contributed by atoms with E-state index in [-0.39, 0.29) is 22.5 Å². The van der Waals surface area contributed by atoms with Gasteiger partial charge in [0.1, 0.15) is 0 Å². The molecular formula is C15H19NO4S. The van der Waals surface area contributed by atoms with E-state index in [0.717, 1.165) is 18.2 Å². The highest BCUT2D eigenvalue weighted by Gasteiger charge is 2.18. The molecule has 0 fully saturated rings. The molecule has 0 saturated carbocycles. The monoisotopic (exact) mass is 309 g/mol. The summed E-state index contributed by atoms with van der Waals surface area (Å²) in [6, 6.07) is 6.00. The smallest absolute Gasteiger partial charge is 0.335 e. The van der Waals surface area contributed by atoms with Crippen LogP contribution in [0.1, 0.15) is 37.0 Å². The van der Waals surface area contributed by atoms with Crippen LogP contribution in [-0.4, -0.2) is 27.9 Å². The lowest BCUT2D eigenvalue weighted by atomic mass is 10.1. The van der Waals surface area contributed by atoms with Crippen LogP contribution in [0.3, 0.4) is 0 Å². The number of carbonyl (C=O) groups excluding carboxylic acids is 2. The van der Waals surface area contributed by atoms with E-state index < -0.39 is 5.97 Å². The Morgan fingerprint density at radius 2 is 1.86 bits per heavy atom. The average molecular weight is 309 g/mol. The molecule has 1 atom stereocenters. The molecule has 0 aliphatic carbocycles. The molecule has 1 rings (SSSR count). The quantitative estimate of drug-likeness (QED) is 0.809. The van der Waals surface area contributed by atoms with Crippen molar-refractivity contribution in [1.29, 1.82) is 0 Å². The highest BCUT2D eigenvalue weighted by atomic mass is 32.2. The molecule has 0 saturated heterocycles. The largest absolute Gasteiger partial charge is 0.478 e. The number of carboxylic acid groups (broad SMARTS) is 1. The maximum atomic E-state index is 12.2. The summed E-state index contributed by atoms with van der Waals surface area (Å²) >= 11 is 1.15. The van der Waals surface area contributed by atoms with Gasteiger partial charge in [0.2, 0.25) is 5.91 Å². The Hall–Kier alpha value is -1.82. The van der Waals surface area contributed by atoms with Gasteiger partial charge in [0.25, 0.3) is 0 Å². The molecule has 1 aromatic rings. The molecule has 1 amide bonds. The first-order valence-electron chi connectivity index (χ1n) is 6.71. The van der Waals surface area contributed by atoms with Gasteiger partial charge >= 0.3 is 5.97 Å². The number of rotatable bonds is 7. The Morgan fingerprint density at radius 1 is 1.24 bits per heavy atom. The zero-order chi connectivity index (χ0) is 15.8. The molecule has 1 unspecified atom stereocenters. The zero-order valence-corrected chi connectivity index (χ0v) is 12.9. The van der Waals surface area contributed by atoms with E-state index in [0.29, 0.717) is 17.9 Å². The number of nitrogens with one attached hydrogen (secondary N) is 1. The van der Waals surface area contributed by atoms with Crippen LogP contribution in [0.2, 0.25) is 0 Å². The molecule has 0 aromatic heterocycles. The third-order valence-electron chi connectivity index (χ3n) is 2.90. The second-order valence-electron chi connectivity index (χ2n) is 4.66. The Morgan fingerprint density at radius 3 is 2.33 bits per heavy atom. The first-order chi connectivity index (χ1) is 9.93. The Kier molecular flexibility index (Phi) is 6.94. The summed E-state index contributed by atoms with van der Waals surface area (Å²) in [6.45, 7) is 3.47. The number of anilines is 1. The highest BCUT2D eigenvalue weighted by molar-refractivity contribution is 8.13. The van der Waals surface area contributed by atoms with E-state index in [1.54, 1.807) is 12.1 Å². The van der Waals surface area contributed by atoms with E-state index in [2.05, 4.69) is 5.32 Å². The normalized spacial score (nSPS) is 11.7. The van der Waals surface area contributed by atoms with Gasteiger partial charge in [-0.3, -0.25) is 9.59 Å².